The summed E-state index contributed by atoms with van der Waals surface area (Å²) < 4.78 is 50.3. The summed E-state index contributed by atoms with van der Waals surface area (Å²) in [7, 11) is -4.25. The molecule has 0 heterocycles. The Morgan fingerprint density at radius 3 is 2.00 bits per heavy atom. The van der Waals surface area contributed by atoms with Crippen molar-refractivity contribution in [3.8, 4) is 0 Å². The molecular weight excluding hydrogens is 216 g/mol. The molecule has 1 aromatic rings. The normalized spacial score (nSPS) is 14.0. The third kappa shape index (κ3) is 2.59. The summed E-state index contributed by atoms with van der Waals surface area (Å²) in [5.74, 6) is 0. The molecule has 1 atom stereocenters. The molecule has 0 radical (unpaired) electrons. The van der Waals surface area contributed by atoms with Crippen LogP contribution in [-0.2, 0) is 21.2 Å². The second-order valence-corrected chi connectivity index (χ2v) is 4.54. The van der Waals surface area contributed by atoms with Gasteiger partial charge in [-0.2, -0.15) is 8.42 Å². The van der Waals surface area contributed by atoms with Crippen LogP contribution in [0.25, 0.3) is 0 Å². The molecule has 5 nitrogen and oxygen atoms in total. The van der Waals surface area contributed by atoms with Crippen LogP contribution in [0.2, 0.25) is 0 Å². The number of rotatable bonds is 2. The molecule has 0 aliphatic rings. The number of benzene rings is 1. The van der Waals surface area contributed by atoms with Gasteiger partial charge in [0.25, 0.3) is 10.1 Å². The third-order valence-electron chi connectivity index (χ3n) is 1.31. The average Bonchev–Trinajstić information content (AvgIpc) is 2.03. The zero-order valence-corrected chi connectivity index (χ0v) is 7.84. The van der Waals surface area contributed by atoms with Gasteiger partial charge < -0.3 is 4.55 Å². The Labute approximate surface area is 77.4 Å². The fourth-order valence-corrected chi connectivity index (χ4v) is 1.56. The highest BCUT2D eigenvalue weighted by Crippen LogP contribution is 2.11. The minimum absolute atomic E-state index is 0.0348. The van der Waals surface area contributed by atoms with Crippen LogP contribution in [-0.4, -0.2) is 21.7 Å². The van der Waals surface area contributed by atoms with Crippen LogP contribution >= 0.6 is 0 Å². The lowest BCUT2D eigenvalue weighted by molar-refractivity contribution is 0.483. The predicted molar refractivity (Wildman–Crippen MR) is 43.4 cm³/mol. The summed E-state index contributed by atoms with van der Waals surface area (Å²) in [5.41, 5.74) is 0. The lowest BCUT2D eigenvalue weighted by Crippen LogP contribution is -1.98. The Kier molecular flexibility index (Phi) is 2.81. The first kappa shape index (κ1) is 10.3. The Morgan fingerprint density at radius 2 is 1.69 bits per heavy atom. The number of hydrogen-bond donors (Lipinski definition) is 1. The molecule has 1 rings (SSSR count). The van der Waals surface area contributed by atoms with Crippen LogP contribution in [0.4, 0.5) is 0 Å². The summed E-state index contributed by atoms with van der Waals surface area (Å²) in [6.45, 7) is 0. The monoisotopic (exact) mass is 221 g/mol. The highest BCUT2D eigenvalue weighted by Gasteiger charge is 2.07. The highest BCUT2D eigenvalue weighted by molar-refractivity contribution is 7.85. The van der Waals surface area contributed by atoms with E-state index in [0.717, 1.165) is 24.3 Å². The molecule has 0 saturated carbocycles. The molecule has 0 saturated heterocycles. The van der Waals surface area contributed by atoms with E-state index in [1.165, 1.54) is 0 Å². The first-order valence-corrected chi connectivity index (χ1v) is 5.59. The third-order valence-corrected chi connectivity index (χ3v) is 2.84. The van der Waals surface area contributed by atoms with Crippen molar-refractivity contribution < 1.29 is 21.7 Å². The van der Waals surface area contributed by atoms with E-state index in [9.17, 15) is 17.2 Å². The van der Waals surface area contributed by atoms with Gasteiger partial charge in [-0.3, -0.25) is 8.76 Å². The van der Waals surface area contributed by atoms with E-state index < -0.39 is 21.2 Å². The van der Waals surface area contributed by atoms with Crippen molar-refractivity contribution >= 4 is 21.2 Å². The van der Waals surface area contributed by atoms with Crippen LogP contribution in [0.5, 0.6) is 0 Å². The largest absolute Gasteiger partial charge is 0.768 e. The van der Waals surface area contributed by atoms with Crippen LogP contribution in [0, 0.1) is 0 Å². The SMILES string of the molecule is O=S([O-])c1ccc(S(=O)(=O)O)cc1. The molecule has 0 aliphatic carbocycles. The van der Waals surface area contributed by atoms with Gasteiger partial charge in [0.1, 0.15) is 0 Å². The van der Waals surface area contributed by atoms with Crippen molar-refractivity contribution in [1.29, 1.82) is 0 Å². The maximum Gasteiger partial charge on any atom is 0.294 e. The van der Waals surface area contributed by atoms with E-state index in [2.05, 4.69) is 0 Å². The molecule has 0 fully saturated rings. The van der Waals surface area contributed by atoms with E-state index in [1.807, 2.05) is 0 Å². The summed E-state index contributed by atoms with van der Waals surface area (Å²) in [6, 6.07) is 4.21. The van der Waals surface area contributed by atoms with E-state index >= 15 is 0 Å². The van der Waals surface area contributed by atoms with Gasteiger partial charge in [0.2, 0.25) is 0 Å². The maximum absolute atomic E-state index is 10.5. The lowest BCUT2D eigenvalue weighted by Gasteiger charge is -2.04. The van der Waals surface area contributed by atoms with Crippen molar-refractivity contribution in [3.05, 3.63) is 24.3 Å². The van der Waals surface area contributed by atoms with E-state index in [4.69, 9.17) is 4.55 Å². The molecule has 1 aromatic carbocycles. The average molecular weight is 221 g/mol. The van der Waals surface area contributed by atoms with Gasteiger partial charge in [0, 0.05) is 4.90 Å². The summed E-state index contributed by atoms with van der Waals surface area (Å²) in [5, 5.41) is 0. The highest BCUT2D eigenvalue weighted by atomic mass is 32.2. The molecule has 13 heavy (non-hydrogen) atoms. The Hall–Kier alpha value is -0.760. The van der Waals surface area contributed by atoms with Crippen LogP contribution in [0.3, 0.4) is 0 Å². The van der Waals surface area contributed by atoms with E-state index in [1.54, 1.807) is 0 Å². The molecule has 0 aromatic heterocycles. The predicted octanol–water partition coefficient (Wildman–Crippen LogP) is 0.171. The van der Waals surface area contributed by atoms with Crippen molar-refractivity contribution in [1.82, 2.24) is 0 Å². The quantitative estimate of drug-likeness (QED) is 0.567. The summed E-state index contributed by atoms with van der Waals surface area (Å²) >= 11 is -2.39. The zero-order chi connectivity index (χ0) is 10.1. The summed E-state index contributed by atoms with van der Waals surface area (Å²) in [4.78, 5) is -0.367. The zero-order valence-electron chi connectivity index (χ0n) is 6.21. The standard InChI is InChI=1S/C6H6O5S2/c7-12(8)5-1-3-6(4-2-5)13(9,10)11/h1-4H,(H,7,8)(H,9,10,11)/p-1. The van der Waals surface area contributed by atoms with Gasteiger partial charge in [-0.15, -0.1) is 0 Å². The first-order chi connectivity index (χ1) is 5.91. The first-order valence-electron chi connectivity index (χ1n) is 3.08. The molecule has 0 amide bonds. The van der Waals surface area contributed by atoms with Gasteiger partial charge in [-0.1, -0.05) is 0 Å². The second-order valence-electron chi connectivity index (χ2n) is 2.18. The van der Waals surface area contributed by atoms with Crippen molar-refractivity contribution in [3.63, 3.8) is 0 Å². The minimum atomic E-state index is -4.25. The van der Waals surface area contributed by atoms with Gasteiger partial charge in [0.05, 0.1) is 4.90 Å². The Morgan fingerprint density at radius 1 is 1.23 bits per heavy atom. The van der Waals surface area contributed by atoms with E-state index in [0.29, 0.717) is 0 Å². The van der Waals surface area contributed by atoms with Crippen LogP contribution < -0.4 is 0 Å². The molecule has 1 N–H and O–H groups in total. The van der Waals surface area contributed by atoms with Gasteiger partial charge in [0.15, 0.2) is 0 Å². The summed E-state index contributed by atoms with van der Waals surface area (Å²) in [6.07, 6.45) is 0. The van der Waals surface area contributed by atoms with Gasteiger partial charge in [-0.25, -0.2) is 0 Å². The smallest absolute Gasteiger partial charge is 0.294 e. The van der Waals surface area contributed by atoms with Crippen molar-refractivity contribution in [2.75, 3.05) is 0 Å². The van der Waals surface area contributed by atoms with Crippen LogP contribution in [0.1, 0.15) is 0 Å². The molecule has 1 unspecified atom stereocenters. The van der Waals surface area contributed by atoms with Crippen molar-refractivity contribution in [2.24, 2.45) is 0 Å². The van der Waals surface area contributed by atoms with Gasteiger partial charge in [-0.05, 0) is 35.3 Å². The second kappa shape index (κ2) is 3.54. The molecule has 72 valence electrons. The minimum Gasteiger partial charge on any atom is -0.768 e. The van der Waals surface area contributed by atoms with Gasteiger partial charge >= 0.3 is 0 Å². The van der Waals surface area contributed by atoms with E-state index in [-0.39, 0.29) is 9.79 Å². The molecule has 0 spiro atoms. The fourth-order valence-electron chi connectivity index (χ4n) is 0.723. The van der Waals surface area contributed by atoms with Crippen molar-refractivity contribution in [2.45, 2.75) is 9.79 Å². The maximum atomic E-state index is 10.5. The Balaban J connectivity index is 3.16. The molecular formula is C6H5O5S2-. The topological polar surface area (TPSA) is 94.5 Å². The van der Waals surface area contributed by atoms with Crippen LogP contribution in [0.15, 0.2) is 34.1 Å². The fraction of sp³-hybridized carbons (Fsp3) is 0. The molecule has 0 bridgehead atoms. The molecule has 0 aliphatic heterocycles. The number of hydrogen-bond acceptors (Lipinski definition) is 4. The lowest BCUT2D eigenvalue weighted by atomic mass is 10.4. The Bertz CT molecular complexity index is 419. The molecule has 7 heteroatoms.